The zero-order valence-electron chi connectivity index (χ0n) is 14.5. The minimum absolute atomic E-state index is 0.594. The number of hydrogen-bond donors (Lipinski definition) is 0. The fraction of sp³-hybridized carbons (Fsp3) is 0.391. The molecule has 1 heterocycles. The van der Waals surface area contributed by atoms with Gasteiger partial charge in [0.2, 0.25) is 0 Å². The Labute approximate surface area is 146 Å². The van der Waals surface area contributed by atoms with Gasteiger partial charge in [-0.2, -0.15) is 0 Å². The maximum Gasteiger partial charge on any atom is 0.0354 e. The summed E-state index contributed by atoms with van der Waals surface area (Å²) in [4.78, 5) is 2.73. The summed E-state index contributed by atoms with van der Waals surface area (Å²) in [5.41, 5.74) is 6.47. The zero-order chi connectivity index (χ0) is 16.2. The quantitative estimate of drug-likeness (QED) is 0.685. The first-order valence-electron chi connectivity index (χ1n) is 9.43. The molecule has 2 aromatic rings. The van der Waals surface area contributed by atoms with Gasteiger partial charge in [-0.1, -0.05) is 71.8 Å². The van der Waals surface area contributed by atoms with Crippen LogP contribution in [0.2, 0.25) is 0 Å². The van der Waals surface area contributed by atoms with Crippen molar-refractivity contribution in [1.29, 1.82) is 0 Å². The molecule has 0 fully saturated rings. The molecule has 1 nitrogen and oxygen atoms in total. The monoisotopic (exact) mass is 317 g/mol. The lowest BCUT2D eigenvalue weighted by molar-refractivity contribution is 0.189. The molecule has 1 atom stereocenters. The average molecular weight is 317 g/mol. The fourth-order valence-electron chi connectivity index (χ4n) is 4.43. The van der Waals surface area contributed by atoms with E-state index in [2.05, 4.69) is 65.6 Å². The summed E-state index contributed by atoms with van der Waals surface area (Å²) in [6, 6.07) is 22.6. The molecule has 1 heteroatoms. The summed E-state index contributed by atoms with van der Waals surface area (Å²) in [7, 11) is 0. The summed E-state index contributed by atoms with van der Waals surface area (Å²) in [6.45, 7) is 2.29. The van der Waals surface area contributed by atoms with Crippen LogP contribution in [-0.2, 0) is 13.0 Å². The van der Waals surface area contributed by atoms with Gasteiger partial charge in [-0.15, -0.1) is 0 Å². The van der Waals surface area contributed by atoms with Crippen molar-refractivity contribution >= 4 is 0 Å². The van der Waals surface area contributed by atoms with E-state index in [1.165, 1.54) is 49.8 Å². The molecule has 124 valence electrons. The highest BCUT2D eigenvalue weighted by Crippen LogP contribution is 2.36. The molecule has 0 radical (unpaired) electrons. The average Bonchev–Trinajstić information content (AvgIpc) is 2.65. The second-order valence-corrected chi connectivity index (χ2v) is 7.25. The normalized spacial score (nSPS) is 21.6. The predicted octanol–water partition coefficient (Wildman–Crippen LogP) is 5.37. The number of rotatable bonds is 4. The van der Waals surface area contributed by atoms with Crippen LogP contribution in [0.1, 0.15) is 43.2 Å². The standard InChI is InChI=1S/C23H27N/c1-3-9-19(10-4-1)17-23-22-14-8-7-13-21(22)15-16-24(23)18-20-11-5-2-6-12-20/h1-6,9-12,23H,7-8,13-18H2. The molecule has 0 saturated carbocycles. The molecule has 0 amide bonds. The first kappa shape index (κ1) is 15.7. The van der Waals surface area contributed by atoms with E-state index < -0.39 is 0 Å². The molecule has 0 aromatic heterocycles. The van der Waals surface area contributed by atoms with Crippen LogP contribution in [0.5, 0.6) is 0 Å². The summed E-state index contributed by atoms with van der Waals surface area (Å²) in [6.07, 6.45) is 7.89. The molecule has 0 spiro atoms. The molecule has 1 aliphatic carbocycles. The first-order valence-corrected chi connectivity index (χ1v) is 9.43. The highest BCUT2D eigenvalue weighted by Gasteiger charge is 2.30. The van der Waals surface area contributed by atoms with Gasteiger partial charge in [0.25, 0.3) is 0 Å². The van der Waals surface area contributed by atoms with Crippen molar-refractivity contribution in [2.75, 3.05) is 6.54 Å². The van der Waals surface area contributed by atoms with Crippen LogP contribution in [0.3, 0.4) is 0 Å². The molecular weight excluding hydrogens is 290 g/mol. The smallest absolute Gasteiger partial charge is 0.0354 e. The fourth-order valence-corrected chi connectivity index (χ4v) is 4.43. The van der Waals surface area contributed by atoms with E-state index in [0.29, 0.717) is 6.04 Å². The van der Waals surface area contributed by atoms with Crippen LogP contribution in [0, 0.1) is 0 Å². The van der Waals surface area contributed by atoms with E-state index in [9.17, 15) is 0 Å². The maximum atomic E-state index is 2.73. The van der Waals surface area contributed by atoms with Gasteiger partial charge < -0.3 is 0 Å². The summed E-state index contributed by atoms with van der Waals surface area (Å²) in [5, 5.41) is 0. The van der Waals surface area contributed by atoms with Crippen molar-refractivity contribution < 1.29 is 0 Å². The highest BCUT2D eigenvalue weighted by molar-refractivity contribution is 5.30. The first-order chi connectivity index (χ1) is 11.9. The van der Waals surface area contributed by atoms with Crippen LogP contribution in [0.25, 0.3) is 0 Å². The second kappa shape index (κ2) is 7.36. The van der Waals surface area contributed by atoms with Crippen LogP contribution in [-0.4, -0.2) is 17.5 Å². The van der Waals surface area contributed by atoms with E-state index in [1.54, 1.807) is 11.1 Å². The van der Waals surface area contributed by atoms with Crippen molar-refractivity contribution in [3.63, 3.8) is 0 Å². The molecule has 4 rings (SSSR count). The lowest BCUT2D eigenvalue weighted by Gasteiger charge is -2.41. The van der Waals surface area contributed by atoms with Crippen LogP contribution >= 0.6 is 0 Å². The lowest BCUT2D eigenvalue weighted by Crippen LogP contribution is -2.43. The number of benzene rings is 2. The maximum absolute atomic E-state index is 2.73. The van der Waals surface area contributed by atoms with Crippen molar-refractivity contribution in [2.45, 2.75) is 51.1 Å². The second-order valence-electron chi connectivity index (χ2n) is 7.25. The minimum Gasteiger partial charge on any atom is -0.292 e. The summed E-state index contributed by atoms with van der Waals surface area (Å²) in [5.74, 6) is 0. The van der Waals surface area contributed by atoms with Gasteiger partial charge in [-0.25, -0.2) is 0 Å². The van der Waals surface area contributed by atoms with E-state index in [4.69, 9.17) is 0 Å². The van der Waals surface area contributed by atoms with Gasteiger partial charge in [0, 0.05) is 19.1 Å². The van der Waals surface area contributed by atoms with E-state index >= 15 is 0 Å². The highest BCUT2D eigenvalue weighted by atomic mass is 15.2. The molecule has 2 aliphatic rings. The summed E-state index contributed by atoms with van der Waals surface area (Å²) >= 11 is 0. The van der Waals surface area contributed by atoms with Crippen molar-refractivity contribution in [1.82, 2.24) is 4.90 Å². The van der Waals surface area contributed by atoms with Crippen molar-refractivity contribution in [2.24, 2.45) is 0 Å². The molecule has 0 saturated heterocycles. The number of hydrogen-bond acceptors (Lipinski definition) is 1. The van der Waals surface area contributed by atoms with Crippen LogP contribution in [0.4, 0.5) is 0 Å². The van der Waals surface area contributed by atoms with E-state index in [-0.39, 0.29) is 0 Å². The van der Waals surface area contributed by atoms with Crippen LogP contribution in [0.15, 0.2) is 71.8 Å². The topological polar surface area (TPSA) is 3.24 Å². The van der Waals surface area contributed by atoms with Gasteiger partial charge in [-0.3, -0.25) is 4.90 Å². The Balaban J connectivity index is 1.61. The Kier molecular flexibility index (Phi) is 4.80. The minimum atomic E-state index is 0.594. The Hall–Kier alpha value is -1.86. The molecule has 2 aromatic carbocycles. The Morgan fingerprint density at radius 3 is 2.17 bits per heavy atom. The molecule has 1 unspecified atom stereocenters. The zero-order valence-corrected chi connectivity index (χ0v) is 14.5. The van der Waals surface area contributed by atoms with E-state index in [0.717, 1.165) is 13.0 Å². The van der Waals surface area contributed by atoms with Gasteiger partial charge in [-0.05, 0) is 49.7 Å². The van der Waals surface area contributed by atoms with Gasteiger partial charge >= 0.3 is 0 Å². The molecular formula is C23H27N. The number of nitrogens with zero attached hydrogens (tertiary/aromatic N) is 1. The third kappa shape index (κ3) is 3.47. The van der Waals surface area contributed by atoms with Gasteiger partial charge in [0.15, 0.2) is 0 Å². The van der Waals surface area contributed by atoms with E-state index in [1.807, 2.05) is 0 Å². The molecule has 24 heavy (non-hydrogen) atoms. The largest absolute Gasteiger partial charge is 0.292 e. The Bertz CT molecular complexity index is 686. The summed E-state index contributed by atoms with van der Waals surface area (Å²) < 4.78 is 0. The molecule has 1 aliphatic heterocycles. The third-order valence-corrected chi connectivity index (χ3v) is 5.67. The van der Waals surface area contributed by atoms with Crippen molar-refractivity contribution in [3.05, 3.63) is 82.9 Å². The van der Waals surface area contributed by atoms with Crippen LogP contribution < -0.4 is 0 Å². The predicted molar refractivity (Wildman–Crippen MR) is 101 cm³/mol. The van der Waals surface area contributed by atoms with Crippen molar-refractivity contribution in [3.8, 4) is 0 Å². The SMILES string of the molecule is c1ccc(CC2C3=C(CCCC3)CCN2Cc2ccccc2)cc1. The third-order valence-electron chi connectivity index (χ3n) is 5.67. The van der Waals surface area contributed by atoms with Gasteiger partial charge in [0.1, 0.15) is 0 Å². The Morgan fingerprint density at radius 2 is 1.42 bits per heavy atom. The molecule has 0 N–H and O–H groups in total. The van der Waals surface area contributed by atoms with Gasteiger partial charge in [0.05, 0.1) is 0 Å². The molecule has 0 bridgehead atoms. The lowest BCUT2D eigenvalue weighted by atomic mass is 9.80. The Morgan fingerprint density at radius 1 is 0.750 bits per heavy atom.